The van der Waals surface area contributed by atoms with Crippen LogP contribution in [0.1, 0.15) is 41.5 Å². The quantitative estimate of drug-likeness (QED) is 0.765. The van der Waals surface area contributed by atoms with E-state index in [4.69, 9.17) is 0 Å². The van der Waals surface area contributed by atoms with Crippen molar-refractivity contribution in [2.75, 3.05) is 25.5 Å². The first-order chi connectivity index (χ1) is 13.0. The van der Waals surface area contributed by atoms with Crippen LogP contribution in [0.3, 0.4) is 0 Å². The molecule has 27 heavy (non-hydrogen) atoms. The number of aromatic amines is 1. The van der Waals surface area contributed by atoms with E-state index in [2.05, 4.69) is 48.1 Å². The number of benzene rings is 1. The lowest BCUT2D eigenvalue weighted by Gasteiger charge is -2.38. The lowest BCUT2D eigenvalue weighted by molar-refractivity contribution is 0.0599. The highest BCUT2D eigenvalue weighted by molar-refractivity contribution is 5.99. The largest absolute Gasteiger partial charge is 0.362 e. The maximum Gasteiger partial charge on any atom is 0.258 e. The van der Waals surface area contributed by atoms with Crippen molar-refractivity contribution in [2.45, 2.75) is 26.3 Å². The summed E-state index contributed by atoms with van der Waals surface area (Å²) >= 11 is 0. The third kappa shape index (κ3) is 2.87. The maximum atomic E-state index is 13.5. The number of nitrogens with zero attached hydrogens (tertiary/aromatic N) is 3. The highest BCUT2D eigenvalue weighted by atomic mass is 16.2. The van der Waals surface area contributed by atoms with Crippen molar-refractivity contribution in [2.24, 2.45) is 5.92 Å². The fourth-order valence-corrected chi connectivity index (χ4v) is 4.27. The van der Waals surface area contributed by atoms with E-state index in [1.54, 1.807) is 6.20 Å². The third-order valence-electron chi connectivity index (χ3n) is 5.41. The van der Waals surface area contributed by atoms with Crippen LogP contribution < -0.4 is 4.90 Å². The number of aromatic nitrogens is 2. The van der Waals surface area contributed by atoms with Gasteiger partial charge >= 0.3 is 0 Å². The Hall–Kier alpha value is -2.82. The van der Waals surface area contributed by atoms with Gasteiger partial charge in [-0.2, -0.15) is 0 Å². The van der Waals surface area contributed by atoms with E-state index in [0.717, 1.165) is 18.5 Å². The summed E-state index contributed by atoms with van der Waals surface area (Å²) in [6.45, 7) is 5.08. The number of amides is 1. The second kappa shape index (κ2) is 6.72. The molecular formula is C22H26N4O. The molecule has 1 atom stereocenters. The number of rotatable bonds is 3. The van der Waals surface area contributed by atoms with Crippen LogP contribution in [0.25, 0.3) is 10.9 Å². The Kier molecular flexibility index (Phi) is 4.38. The molecule has 0 spiro atoms. The minimum Gasteiger partial charge on any atom is -0.362 e. The van der Waals surface area contributed by atoms with Crippen molar-refractivity contribution < 1.29 is 4.79 Å². The Balaban J connectivity index is 1.79. The Morgan fingerprint density at radius 3 is 2.74 bits per heavy atom. The number of hydrogen-bond acceptors (Lipinski definition) is 3. The van der Waals surface area contributed by atoms with Gasteiger partial charge in [-0.3, -0.25) is 4.79 Å². The van der Waals surface area contributed by atoms with E-state index in [-0.39, 0.29) is 11.9 Å². The SMILES string of the molecule is CC(C)C1c2[nH]c3ccccc3c2CCN1C(=O)c1cccnc1N(C)C. The molecule has 1 aliphatic heterocycles. The van der Waals surface area contributed by atoms with E-state index < -0.39 is 0 Å². The Labute approximate surface area is 160 Å². The van der Waals surface area contributed by atoms with Gasteiger partial charge in [0.15, 0.2) is 0 Å². The minimum atomic E-state index is 0.0314. The van der Waals surface area contributed by atoms with Gasteiger partial charge in [0.05, 0.1) is 11.6 Å². The number of carbonyl (C=O) groups is 1. The number of nitrogens with one attached hydrogen (secondary N) is 1. The summed E-state index contributed by atoms with van der Waals surface area (Å²) in [4.78, 5) is 25.4. The average molecular weight is 362 g/mol. The lowest BCUT2D eigenvalue weighted by Crippen LogP contribution is -2.42. The molecule has 5 nitrogen and oxygen atoms in total. The average Bonchev–Trinajstić information content (AvgIpc) is 3.05. The molecule has 2 aromatic heterocycles. The second-order valence-electron chi connectivity index (χ2n) is 7.77. The Morgan fingerprint density at radius 2 is 2.00 bits per heavy atom. The fraction of sp³-hybridized carbons (Fsp3) is 0.364. The molecule has 0 radical (unpaired) electrons. The molecule has 0 bridgehead atoms. The van der Waals surface area contributed by atoms with Crippen molar-refractivity contribution in [1.82, 2.24) is 14.9 Å². The molecule has 3 heterocycles. The molecule has 1 amide bonds. The van der Waals surface area contributed by atoms with Gasteiger partial charge in [-0.05, 0) is 36.1 Å². The van der Waals surface area contributed by atoms with Gasteiger partial charge in [-0.1, -0.05) is 32.0 Å². The summed E-state index contributed by atoms with van der Waals surface area (Å²) in [6.07, 6.45) is 2.60. The number of hydrogen-bond donors (Lipinski definition) is 1. The molecule has 140 valence electrons. The van der Waals surface area contributed by atoms with Crippen LogP contribution in [0.2, 0.25) is 0 Å². The smallest absolute Gasteiger partial charge is 0.258 e. The number of pyridine rings is 1. The van der Waals surface area contributed by atoms with E-state index in [1.165, 1.54) is 16.6 Å². The molecule has 5 heteroatoms. The number of fused-ring (bicyclic) bond motifs is 3. The number of para-hydroxylation sites is 1. The van der Waals surface area contributed by atoms with Crippen LogP contribution in [0.4, 0.5) is 5.82 Å². The summed E-state index contributed by atoms with van der Waals surface area (Å²) in [7, 11) is 3.84. The number of H-pyrrole nitrogens is 1. The third-order valence-corrected chi connectivity index (χ3v) is 5.41. The molecule has 1 unspecified atom stereocenters. The van der Waals surface area contributed by atoms with Crippen LogP contribution in [0.15, 0.2) is 42.6 Å². The lowest BCUT2D eigenvalue weighted by atomic mass is 9.90. The van der Waals surface area contributed by atoms with Gasteiger partial charge in [-0.25, -0.2) is 4.98 Å². The zero-order valence-corrected chi connectivity index (χ0v) is 16.4. The molecule has 0 aliphatic carbocycles. The minimum absolute atomic E-state index is 0.0314. The molecule has 1 aliphatic rings. The van der Waals surface area contributed by atoms with Crippen LogP contribution in [-0.4, -0.2) is 41.4 Å². The van der Waals surface area contributed by atoms with Crippen LogP contribution >= 0.6 is 0 Å². The van der Waals surface area contributed by atoms with Crippen molar-refractivity contribution in [3.63, 3.8) is 0 Å². The molecule has 1 N–H and O–H groups in total. The van der Waals surface area contributed by atoms with Crippen LogP contribution in [-0.2, 0) is 6.42 Å². The summed E-state index contributed by atoms with van der Waals surface area (Å²) in [5.41, 5.74) is 4.35. The second-order valence-corrected chi connectivity index (χ2v) is 7.77. The molecule has 0 saturated carbocycles. The van der Waals surface area contributed by atoms with E-state index >= 15 is 0 Å². The van der Waals surface area contributed by atoms with E-state index in [0.29, 0.717) is 17.3 Å². The summed E-state index contributed by atoms with van der Waals surface area (Å²) in [5, 5.41) is 1.28. The van der Waals surface area contributed by atoms with Crippen molar-refractivity contribution >= 4 is 22.6 Å². The standard InChI is InChI=1S/C22H26N4O/c1-14(2)20-19-16(15-8-5-6-10-18(15)24-19)11-13-26(20)22(27)17-9-7-12-23-21(17)25(3)4/h5-10,12,14,20,24H,11,13H2,1-4H3. The zero-order valence-electron chi connectivity index (χ0n) is 16.4. The van der Waals surface area contributed by atoms with Crippen LogP contribution in [0, 0.1) is 5.92 Å². The first-order valence-corrected chi connectivity index (χ1v) is 9.51. The van der Waals surface area contributed by atoms with Gasteiger partial charge < -0.3 is 14.8 Å². The predicted octanol–water partition coefficient (Wildman–Crippen LogP) is 4.02. The first kappa shape index (κ1) is 17.6. The first-order valence-electron chi connectivity index (χ1n) is 9.51. The van der Waals surface area contributed by atoms with Crippen molar-refractivity contribution in [3.8, 4) is 0 Å². The van der Waals surface area contributed by atoms with Gasteiger partial charge in [0.1, 0.15) is 5.82 Å². The topological polar surface area (TPSA) is 52.2 Å². The molecule has 3 aromatic rings. The predicted molar refractivity (Wildman–Crippen MR) is 109 cm³/mol. The maximum absolute atomic E-state index is 13.5. The Bertz CT molecular complexity index is 989. The summed E-state index contributed by atoms with van der Waals surface area (Å²) in [5.74, 6) is 1.07. The van der Waals surface area contributed by atoms with Gasteiger partial charge in [0.25, 0.3) is 5.91 Å². The normalized spacial score (nSPS) is 16.6. The van der Waals surface area contributed by atoms with Crippen LogP contribution in [0.5, 0.6) is 0 Å². The van der Waals surface area contributed by atoms with Crippen molar-refractivity contribution in [3.05, 3.63) is 59.4 Å². The summed E-state index contributed by atoms with van der Waals surface area (Å²) < 4.78 is 0. The molecular weight excluding hydrogens is 336 g/mol. The molecule has 0 fully saturated rings. The van der Waals surface area contributed by atoms with E-state index in [1.807, 2.05) is 36.0 Å². The van der Waals surface area contributed by atoms with E-state index in [9.17, 15) is 4.79 Å². The Morgan fingerprint density at radius 1 is 1.22 bits per heavy atom. The number of carbonyl (C=O) groups excluding carboxylic acids is 1. The fourth-order valence-electron chi connectivity index (χ4n) is 4.27. The molecule has 1 aromatic carbocycles. The zero-order chi connectivity index (χ0) is 19.1. The highest BCUT2D eigenvalue weighted by Gasteiger charge is 2.36. The highest BCUT2D eigenvalue weighted by Crippen LogP contribution is 2.39. The van der Waals surface area contributed by atoms with Gasteiger partial charge in [0.2, 0.25) is 0 Å². The monoisotopic (exact) mass is 362 g/mol. The van der Waals surface area contributed by atoms with Crippen molar-refractivity contribution in [1.29, 1.82) is 0 Å². The molecule has 0 saturated heterocycles. The summed E-state index contributed by atoms with van der Waals surface area (Å²) in [6, 6.07) is 12.2. The van der Waals surface area contributed by atoms with Gasteiger partial charge in [-0.15, -0.1) is 0 Å². The number of anilines is 1. The molecule has 4 rings (SSSR count). The van der Waals surface area contributed by atoms with Gasteiger partial charge in [0, 0.05) is 43.4 Å².